The summed E-state index contributed by atoms with van der Waals surface area (Å²) in [5.74, 6) is -1.12. The largest absolute Gasteiger partial charge is 0.507 e. The van der Waals surface area contributed by atoms with Gasteiger partial charge in [0.25, 0.3) is 5.69 Å². The third kappa shape index (κ3) is 3.77. The second-order valence-corrected chi connectivity index (χ2v) is 7.91. The molecule has 0 unspecified atom stereocenters. The molecule has 1 aliphatic rings. The fourth-order valence-electron chi connectivity index (χ4n) is 4.28. The summed E-state index contributed by atoms with van der Waals surface area (Å²) in [5.41, 5.74) is -0.563. The lowest BCUT2D eigenvalue weighted by Crippen LogP contribution is -2.32. The number of likely N-dealkylation sites (N-methyl/N-ethyl adjacent to an activating group) is 1. The first-order chi connectivity index (χ1) is 14.7. The van der Waals surface area contributed by atoms with Crippen LogP contribution in [-0.4, -0.2) is 51.4 Å². The van der Waals surface area contributed by atoms with Crippen molar-refractivity contribution in [2.45, 2.75) is 18.4 Å². The van der Waals surface area contributed by atoms with Gasteiger partial charge in [0.05, 0.1) is 11.5 Å². The van der Waals surface area contributed by atoms with Crippen LogP contribution in [0.2, 0.25) is 5.02 Å². The van der Waals surface area contributed by atoms with Gasteiger partial charge in [-0.1, -0.05) is 17.7 Å². The molecule has 1 fully saturated rings. The number of aliphatic hydroxyl groups is 1. The lowest BCUT2D eigenvalue weighted by atomic mass is 9.89. The number of nitrogens with zero attached hydrogens (tertiary/aromatic N) is 2. The van der Waals surface area contributed by atoms with E-state index in [4.69, 9.17) is 16.0 Å². The van der Waals surface area contributed by atoms with Gasteiger partial charge in [0.1, 0.15) is 33.3 Å². The summed E-state index contributed by atoms with van der Waals surface area (Å²) >= 11 is 6.19. The van der Waals surface area contributed by atoms with Crippen LogP contribution in [0.5, 0.6) is 11.5 Å². The highest BCUT2D eigenvalue weighted by molar-refractivity contribution is 6.35. The lowest BCUT2D eigenvalue weighted by molar-refractivity contribution is -0.384. The average Bonchev–Trinajstić information content (AvgIpc) is 3.07. The number of hydrogen-bond donors (Lipinski definition) is 3. The number of nitro groups is 1. The molecule has 0 aliphatic carbocycles. The summed E-state index contributed by atoms with van der Waals surface area (Å²) in [5, 5.41) is 41.7. The minimum atomic E-state index is -0.645. The number of benzene rings is 2. The molecule has 3 aromatic rings. The topological polar surface area (TPSA) is 137 Å². The van der Waals surface area contributed by atoms with Crippen molar-refractivity contribution in [3.8, 4) is 22.8 Å². The molecule has 0 amide bonds. The second kappa shape index (κ2) is 8.95. The Balaban J connectivity index is 0.00000289. The number of aromatic hydroxyl groups is 2. The summed E-state index contributed by atoms with van der Waals surface area (Å²) < 4.78 is 5.95. The molecule has 32 heavy (non-hydrogen) atoms. The Labute approximate surface area is 193 Å². The van der Waals surface area contributed by atoms with Crippen LogP contribution in [0, 0.1) is 10.1 Å². The van der Waals surface area contributed by atoms with Crippen molar-refractivity contribution in [2.24, 2.45) is 0 Å². The molecule has 0 bridgehead atoms. The van der Waals surface area contributed by atoms with Gasteiger partial charge in [-0.3, -0.25) is 14.9 Å². The molecule has 0 spiro atoms. The van der Waals surface area contributed by atoms with E-state index in [0.29, 0.717) is 13.0 Å². The van der Waals surface area contributed by atoms with Gasteiger partial charge in [0.15, 0.2) is 5.43 Å². The molecule has 0 radical (unpaired) electrons. The highest BCUT2D eigenvalue weighted by atomic mass is 35.5. The first-order valence-electron chi connectivity index (χ1n) is 9.51. The number of aliphatic hydroxyl groups excluding tert-OH is 1. The fourth-order valence-corrected chi connectivity index (χ4v) is 4.56. The van der Waals surface area contributed by atoms with Crippen LogP contribution in [0.25, 0.3) is 22.3 Å². The monoisotopic (exact) mass is 482 g/mol. The van der Waals surface area contributed by atoms with E-state index in [1.807, 2.05) is 11.9 Å². The number of phenolic OH excluding ortho intramolecular Hbond substituents is 2. The Morgan fingerprint density at radius 3 is 2.66 bits per heavy atom. The standard InChI is InChI=1S/C21H19ClN2O7.ClH/c1-23-6-5-10(13(23)9-25)18-14(26)7-15(27)19-16(28)8-17(31-21(18)19)11-3-2-4-12(20(11)22)24(29)30;/h2-4,7-8,10,13,25-27H,5-6,9H2,1H3;1H/t10-,13+;/m0./s1. The van der Waals surface area contributed by atoms with E-state index in [2.05, 4.69) is 0 Å². The van der Waals surface area contributed by atoms with Crippen LogP contribution in [0.3, 0.4) is 0 Å². The van der Waals surface area contributed by atoms with Crippen molar-refractivity contribution in [1.82, 2.24) is 4.90 Å². The maximum absolute atomic E-state index is 12.9. The summed E-state index contributed by atoms with van der Waals surface area (Å²) in [6.45, 7) is 0.474. The van der Waals surface area contributed by atoms with Gasteiger partial charge < -0.3 is 24.6 Å². The molecular weight excluding hydrogens is 463 g/mol. The van der Waals surface area contributed by atoms with Crippen molar-refractivity contribution in [1.29, 1.82) is 0 Å². The van der Waals surface area contributed by atoms with Crippen LogP contribution in [0.4, 0.5) is 5.69 Å². The molecule has 3 N–H and O–H groups in total. The predicted molar refractivity (Wildman–Crippen MR) is 121 cm³/mol. The van der Waals surface area contributed by atoms with Crippen molar-refractivity contribution in [3.63, 3.8) is 0 Å². The smallest absolute Gasteiger partial charge is 0.288 e. The third-order valence-electron chi connectivity index (χ3n) is 5.82. The minimum Gasteiger partial charge on any atom is -0.507 e. The molecule has 1 aliphatic heterocycles. The van der Waals surface area contributed by atoms with Crippen LogP contribution >= 0.6 is 24.0 Å². The van der Waals surface area contributed by atoms with Crippen molar-refractivity contribution in [3.05, 3.63) is 61.3 Å². The third-order valence-corrected chi connectivity index (χ3v) is 6.22. The summed E-state index contributed by atoms with van der Waals surface area (Å²) in [6, 6.07) is 5.97. The molecule has 11 heteroatoms. The second-order valence-electron chi connectivity index (χ2n) is 7.53. The van der Waals surface area contributed by atoms with E-state index >= 15 is 0 Å². The highest BCUT2D eigenvalue weighted by Crippen LogP contribution is 2.45. The molecule has 2 aromatic carbocycles. The number of hydrogen-bond acceptors (Lipinski definition) is 8. The summed E-state index contributed by atoms with van der Waals surface area (Å²) in [7, 11) is 1.84. The molecule has 2 heterocycles. The van der Waals surface area contributed by atoms with Crippen LogP contribution in [0.1, 0.15) is 17.9 Å². The number of phenols is 2. The quantitative estimate of drug-likeness (QED) is 0.378. The highest BCUT2D eigenvalue weighted by Gasteiger charge is 2.36. The number of nitro benzene ring substituents is 1. The van der Waals surface area contributed by atoms with Gasteiger partial charge in [-0.15, -0.1) is 12.4 Å². The van der Waals surface area contributed by atoms with Gasteiger partial charge in [-0.2, -0.15) is 0 Å². The average molecular weight is 483 g/mol. The number of rotatable bonds is 4. The molecule has 9 nitrogen and oxygen atoms in total. The fraction of sp³-hybridized carbons (Fsp3) is 0.286. The Hall–Kier alpha value is -2.85. The maximum Gasteiger partial charge on any atom is 0.288 e. The lowest BCUT2D eigenvalue weighted by Gasteiger charge is -2.24. The molecule has 2 atom stereocenters. The Morgan fingerprint density at radius 1 is 1.28 bits per heavy atom. The van der Waals surface area contributed by atoms with Crippen LogP contribution in [-0.2, 0) is 0 Å². The first kappa shape index (κ1) is 23.8. The minimum absolute atomic E-state index is 0. The van der Waals surface area contributed by atoms with E-state index in [0.717, 1.165) is 12.1 Å². The molecule has 1 aromatic heterocycles. The van der Waals surface area contributed by atoms with Crippen molar-refractivity contribution >= 4 is 40.7 Å². The number of halogens is 2. The molecule has 1 saturated heterocycles. The van der Waals surface area contributed by atoms with Gasteiger partial charge in [0.2, 0.25) is 0 Å². The van der Waals surface area contributed by atoms with Gasteiger partial charge in [-0.05, 0) is 26.1 Å². The zero-order valence-corrected chi connectivity index (χ0v) is 18.4. The van der Waals surface area contributed by atoms with Gasteiger partial charge >= 0.3 is 0 Å². The molecule has 4 rings (SSSR count). The number of likely N-dealkylation sites (tertiary alicyclic amines) is 1. The summed E-state index contributed by atoms with van der Waals surface area (Å²) in [6.07, 6.45) is 0.584. The van der Waals surface area contributed by atoms with Crippen molar-refractivity contribution in [2.75, 3.05) is 20.2 Å². The Bertz CT molecular complexity index is 1260. The van der Waals surface area contributed by atoms with E-state index in [1.165, 1.54) is 18.2 Å². The van der Waals surface area contributed by atoms with Crippen LogP contribution in [0.15, 0.2) is 39.5 Å². The molecule has 170 valence electrons. The first-order valence-corrected chi connectivity index (χ1v) is 9.89. The SMILES string of the molecule is CN1CC[C@H](c2c(O)cc(O)c3c(=O)cc(-c4cccc([N+](=O)[O-])c4Cl)oc23)[C@H]1CO.Cl. The summed E-state index contributed by atoms with van der Waals surface area (Å²) in [4.78, 5) is 25.4. The van der Waals surface area contributed by atoms with E-state index in [9.17, 15) is 30.2 Å². The normalized spacial score (nSPS) is 18.6. The van der Waals surface area contributed by atoms with E-state index < -0.39 is 16.1 Å². The van der Waals surface area contributed by atoms with Gasteiger partial charge in [0, 0.05) is 41.3 Å². The molecule has 0 saturated carbocycles. The molecular formula is C21H20Cl2N2O7. The van der Waals surface area contributed by atoms with Crippen LogP contribution < -0.4 is 5.43 Å². The number of fused-ring (bicyclic) bond motifs is 1. The zero-order chi connectivity index (χ0) is 22.4. The van der Waals surface area contributed by atoms with E-state index in [1.54, 1.807) is 0 Å². The maximum atomic E-state index is 12.9. The zero-order valence-electron chi connectivity index (χ0n) is 16.8. The van der Waals surface area contributed by atoms with Gasteiger partial charge in [-0.25, -0.2) is 0 Å². The van der Waals surface area contributed by atoms with Crippen molar-refractivity contribution < 1.29 is 24.7 Å². The Kier molecular flexibility index (Phi) is 6.66. The Morgan fingerprint density at radius 2 is 2.00 bits per heavy atom. The van der Waals surface area contributed by atoms with E-state index in [-0.39, 0.29) is 75.3 Å². The predicted octanol–water partition coefficient (Wildman–Crippen LogP) is 3.63.